The molecule has 0 aliphatic carbocycles. The molecule has 3 rings (SSSR count). The van der Waals surface area contributed by atoms with Gasteiger partial charge in [0.05, 0.1) is 11.7 Å². The Kier molecular flexibility index (Phi) is 10.5. The van der Waals surface area contributed by atoms with Crippen LogP contribution in [-0.4, -0.2) is 12.3 Å². The molecule has 0 radical (unpaired) electrons. The minimum atomic E-state index is -0.250. The van der Waals surface area contributed by atoms with Gasteiger partial charge in [-0.1, -0.05) is 49.2 Å². The first-order chi connectivity index (χ1) is 15.8. The van der Waals surface area contributed by atoms with Crippen molar-refractivity contribution in [1.29, 1.82) is 0 Å². The largest absolute Gasteiger partial charge is 0.398 e. The SMILES string of the molecule is CCc1c(N)cc(Cl)c(CC)c1NC(=O)N(c1ccc(SC)cc1)[C@@H](C)c1ccc(Cl)cc1.S. The Hall–Kier alpha value is -1.99. The molecular formula is C26H31Cl2N3OS2. The van der Waals surface area contributed by atoms with Crippen molar-refractivity contribution in [2.45, 2.75) is 44.6 Å². The number of nitrogens with one attached hydrogen (secondary N) is 1. The number of hydrogen-bond donors (Lipinski definition) is 2. The van der Waals surface area contributed by atoms with Gasteiger partial charge in [-0.15, -0.1) is 11.8 Å². The number of nitrogen functional groups attached to an aromatic ring is 1. The number of nitrogens with zero attached hydrogens (tertiary/aromatic N) is 1. The van der Waals surface area contributed by atoms with Gasteiger partial charge in [-0.3, -0.25) is 4.90 Å². The summed E-state index contributed by atoms with van der Waals surface area (Å²) in [7, 11) is 0. The van der Waals surface area contributed by atoms with Gasteiger partial charge in [0.25, 0.3) is 0 Å². The second-order valence-electron chi connectivity index (χ2n) is 7.71. The number of thioether (sulfide) groups is 1. The Morgan fingerprint density at radius 3 is 2.15 bits per heavy atom. The maximum atomic E-state index is 13.8. The van der Waals surface area contributed by atoms with Crippen LogP contribution in [0.2, 0.25) is 10.0 Å². The summed E-state index contributed by atoms with van der Waals surface area (Å²) in [5, 5.41) is 4.36. The lowest BCUT2D eigenvalue weighted by Crippen LogP contribution is -2.37. The minimum absolute atomic E-state index is 0. The zero-order valence-corrected chi connectivity index (χ0v) is 23.1. The van der Waals surface area contributed by atoms with Crippen molar-refractivity contribution in [2.75, 3.05) is 22.2 Å². The quantitative estimate of drug-likeness (QED) is 0.236. The van der Waals surface area contributed by atoms with Crippen LogP contribution in [0, 0.1) is 0 Å². The lowest BCUT2D eigenvalue weighted by molar-refractivity contribution is 0.255. The number of urea groups is 1. The molecule has 0 saturated carbocycles. The standard InChI is InChI=1S/C26H29Cl2N3OS.H2S/c1-5-21-23(28)15-24(29)22(6-2)25(21)30-26(32)31(19-11-13-20(33-4)14-12-19)16(3)17-7-9-18(27)10-8-17;/h7-16H,5-6,29H2,1-4H3,(H,30,32);1H2/t16-;/m0./s1. The molecule has 4 nitrogen and oxygen atoms in total. The van der Waals surface area contributed by atoms with Crippen LogP contribution in [0.4, 0.5) is 21.9 Å². The van der Waals surface area contributed by atoms with Crippen molar-refractivity contribution >= 4 is 71.6 Å². The summed E-state index contributed by atoms with van der Waals surface area (Å²) in [5.74, 6) is 0. The number of nitrogens with two attached hydrogens (primary N) is 1. The molecule has 0 heterocycles. The highest BCUT2D eigenvalue weighted by atomic mass is 35.5. The first-order valence-corrected chi connectivity index (χ1v) is 12.9. The number of hydrogen-bond acceptors (Lipinski definition) is 3. The fourth-order valence-electron chi connectivity index (χ4n) is 3.95. The van der Waals surface area contributed by atoms with Crippen LogP contribution in [-0.2, 0) is 12.8 Å². The molecule has 34 heavy (non-hydrogen) atoms. The summed E-state index contributed by atoms with van der Waals surface area (Å²) in [5.41, 5.74) is 11.1. The second-order valence-corrected chi connectivity index (χ2v) is 9.44. The van der Waals surface area contributed by atoms with E-state index >= 15 is 0 Å². The highest BCUT2D eigenvalue weighted by Gasteiger charge is 2.26. The minimum Gasteiger partial charge on any atom is -0.398 e. The van der Waals surface area contributed by atoms with E-state index in [2.05, 4.69) is 5.32 Å². The fourth-order valence-corrected chi connectivity index (χ4v) is 4.83. The fraction of sp³-hybridized carbons (Fsp3) is 0.269. The van der Waals surface area contributed by atoms with Gasteiger partial charge in [-0.25, -0.2) is 4.79 Å². The molecule has 0 unspecified atom stereocenters. The monoisotopic (exact) mass is 535 g/mol. The van der Waals surface area contributed by atoms with Crippen molar-refractivity contribution in [2.24, 2.45) is 0 Å². The first kappa shape index (κ1) is 28.2. The van der Waals surface area contributed by atoms with Crippen LogP contribution >= 0.6 is 48.5 Å². The normalized spacial score (nSPS) is 11.5. The van der Waals surface area contributed by atoms with Crippen molar-refractivity contribution in [3.8, 4) is 0 Å². The third-order valence-corrected chi connectivity index (χ3v) is 7.10. The van der Waals surface area contributed by atoms with E-state index in [0.29, 0.717) is 34.3 Å². The van der Waals surface area contributed by atoms with Gasteiger partial charge in [-0.2, -0.15) is 13.5 Å². The van der Waals surface area contributed by atoms with Crippen LogP contribution in [0.25, 0.3) is 0 Å². The number of halogens is 2. The van der Waals surface area contributed by atoms with E-state index in [-0.39, 0.29) is 25.6 Å². The summed E-state index contributed by atoms with van der Waals surface area (Å²) >= 11 is 14.2. The maximum Gasteiger partial charge on any atom is 0.326 e. The molecule has 0 fully saturated rings. The molecule has 182 valence electrons. The second kappa shape index (κ2) is 12.6. The predicted octanol–water partition coefficient (Wildman–Crippen LogP) is 8.33. The van der Waals surface area contributed by atoms with Crippen LogP contribution < -0.4 is 16.0 Å². The Bertz CT molecular complexity index is 1090. The van der Waals surface area contributed by atoms with Gasteiger partial charge >= 0.3 is 6.03 Å². The summed E-state index contributed by atoms with van der Waals surface area (Å²) in [6, 6.07) is 16.8. The molecule has 3 aromatic carbocycles. The number of anilines is 3. The van der Waals surface area contributed by atoms with E-state index in [9.17, 15) is 4.79 Å². The van der Waals surface area contributed by atoms with Crippen molar-refractivity contribution < 1.29 is 4.79 Å². The van der Waals surface area contributed by atoms with E-state index in [1.165, 1.54) is 0 Å². The van der Waals surface area contributed by atoms with Gasteiger partial charge in [0.1, 0.15) is 0 Å². The summed E-state index contributed by atoms with van der Waals surface area (Å²) in [4.78, 5) is 16.7. The van der Waals surface area contributed by atoms with Gasteiger partial charge in [0, 0.05) is 26.3 Å². The summed E-state index contributed by atoms with van der Waals surface area (Å²) < 4.78 is 0. The number of carbonyl (C=O) groups is 1. The average Bonchev–Trinajstić information content (AvgIpc) is 2.80. The molecule has 0 saturated heterocycles. The van der Waals surface area contributed by atoms with Gasteiger partial charge in [0.2, 0.25) is 0 Å². The molecule has 0 aromatic heterocycles. The molecule has 0 aliphatic rings. The zero-order chi connectivity index (χ0) is 24.1. The van der Waals surface area contributed by atoms with Crippen molar-refractivity contribution in [3.05, 3.63) is 81.3 Å². The third kappa shape index (κ3) is 6.16. The average molecular weight is 537 g/mol. The van der Waals surface area contributed by atoms with Crippen LogP contribution in [0.3, 0.4) is 0 Å². The summed E-state index contributed by atoms with van der Waals surface area (Å²) in [6.07, 6.45) is 3.38. The third-order valence-electron chi connectivity index (χ3n) is 5.77. The zero-order valence-electron chi connectivity index (χ0n) is 19.8. The molecule has 2 amide bonds. The van der Waals surface area contributed by atoms with E-state index in [0.717, 1.165) is 27.3 Å². The van der Waals surface area contributed by atoms with Crippen molar-refractivity contribution in [3.63, 3.8) is 0 Å². The predicted molar refractivity (Wildman–Crippen MR) is 155 cm³/mol. The Morgan fingerprint density at radius 2 is 1.62 bits per heavy atom. The van der Waals surface area contributed by atoms with E-state index in [4.69, 9.17) is 28.9 Å². The molecule has 3 aromatic rings. The molecular weight excluding hydrogens is 505 g/mol. The van der Waals surface area contributed by atoms with Gasteiger partial charge < -0.3 is 11.1 Å². The molecule has 3 N–H and O–H groups in total. The van der Waals surface area contributed by atoms with Crippen LogP contribution in [0.15, 0.2) is 59.5 Å². The van der Waals surface area contributed by atoms with Gasteiger partial charge in [0.15, 0.2) is 0 Å². The highest BCUT2D eigenvalue weighted by molar-refractivity contribution is 7.98. The van der Waals surface area contributed by atoms with Gasteiger partial charge in [-0.05, 0) is 85.2 Å². The number of rotatable bonds is 7. The molecule has 1 atom stereocenters. The smallest absolute Gasteiger partial charge is 0.326 e. The topological polar surface area (TPSA) is 58.4 Å². The van der Waals surface area contributed by atoms with E-state index in [1.807, 2.05) is 75.6 Å². The Balaban J connectivity index is 0.00000408. The molecule has 0 aliphatic heterocycles. The molecule has 0 bridgehead atoms. The van der Waals surface area contributed by atoms with E-state index in [1.54, 1.807) is 22.7 Å². The lowest BCUT2D eigenvalue weighted by atomic mass is 10.0. The maximum absolute atomic E-state index is 13.8. The number of benzene rings is 3. The first-order valence-electron chi connectivity index (χ1n) is 10.9. The van der Waals surface area contributed by atoms with Crippen LogP contribution in [0.5, 0.6) is 0 Å². The Labute approximate surface area is 223 Å². The van der Waals surface area contributed by atoms with E-state index < -0.39 is 0 Å². The molecule has 8 heteroatoms. The number of carbonyl (C=O) groups excluding carboxylic acids is 1. The van der Waals surface area contributed by atoms with Crippen molar-refractivity contribution in [1.82, 2.24) is 0 Å². The number of amides is 2. The lowest BCUT2D eigenvalue weighted by Gasteiger charge is -2.31. The summed E-state index contributed by atoms with van der Waals surface area (Å²) in [6.45, 7) is 6.03. The highest BCUT2D eigenvalue weighted by Crippen LogP contribution is 2.36. The molecule has 0 spiro atoms. The Morgan fingerprint density at radius 1 is 1.03 bits per heavy atom. The van der Waals surface area contributed by atoms with Crippen LogP contribution in [0.1, 0.15) is 43.5 Å².